The SMILES string of the molecule is Cc1ccc(S(=O)(=O)N2CCOCC2)cc1NC(=O)CCc1c[nH]c2ccccc12. The lowest BCUT2D eigenvalue weighted by atomic mass is 10.1. The summed E-state index contributed by atoms with van der Waals surface area (Å²) >= 11 is 0. The fourth-order valence-corrected chi connectivity index (χ4v) is 5.07. The maximum Gasteiger partial charge on any atom is 0.243 e. The van der Waals surface area contributed by atoms with Crippen LogP contribution in [0.4, 0.5) is 5.69 Å². The van der Waals surface area contributed by atoms with Crippen LogP contribution in [0.25, 0.3) is 10.9 Å². The summed E-state index contributed by atoms with van der Waals surface area (Å²) in [7, 11) is -3.61. The van der Waals surface area contributed by atoms with Crippen LogP contribution in [-0.2, 0) is 26.0 Å². The third-order valence-corrected chi connectivity index (χ3v) is 7.28. The minimum atomic E-state index is -3.61. The van der Waals surface area contributed by atoms with Crippen LogP contribution in [0, 0.1) is 6.92 Å². The molecule has 3 aromatic rings. The van der Waals surface area contributed by atoms with Gasteiger partial charge in [-0.2, -0.15) is 4.31 Å². The molecule has 7 nitrogen and oxygen atoms in total. The van der Waals surface area contributed by atoms with Crippen LogP contribution >= 0.6 is 0 Å². The van der Waals surface area contributed by atoms with E-state index >= 15 is 0 Å². The van der Waals surface area contributed by atoms with Crippen LogP contribution < -0.4 is 5.32 Å². The Morgan fingerprint density at radius 2 is 1.93 bits per heavy atom. The maximum absolute atomic E-state index is 12.9. The van der Waals surface area contributed by atoms with E-state index in [0.717, 1.165) is 22.0 Å². The van der Waals surface area contributed by atoms with E-state index in [-0.39, 0.29) is 10.8 Å². The van der Waals surface area contributed by atoms with E-state index in [1.54, 1.807) is 18.2 Å². The Bertz CT molecular complexity index is 1160. The molecule has 0 bridgehead atoms. The number of carbonyl (C=O) groups excluding carboxylic acids is 1. The highest BCUT2D eigenvalue weighted by Gasteiger charge is 2.26. The number of morpholine rings is 1. The molecule has 2 aromatic carbocycles. The lowest BCUT2D eigenvalue weighted by Gasteiger charge is -2.26. The highest BCUT2D eigenvalue weighted by molar-refractivity contribution is 7.89. The molecule has 8 heteroatoms. The number of hydrogen-bond acceptors (Lipinski definition) is 4. The molecule has 1 amide bonds. The van der Waals surface area contributed by atoms with Gasteiger partial charge in [0.25, 0.3) is 0 Å². The van der Waals surface area contributed by atoms with Crippen LogP contribution in [0.3, 0.4) is 0 Å². The maximum atomic E-state index is 12.9. The molecule has 0 radical (unpaired) electrons. The predicted octanol–water partition coefficient (Wildman–Crippen LogP) is 3.07. The van der Waals surface area contributed by atoms with Crippen molar-refractivity contribution in [2.24, 2.45) is 0 Å². The molecule has 4 rings (SSSR count). The quantitative estimate of drug-likeness (QED) is 0.632. The summed E-state index contributed by atoms with van der Waals surface area (Å²) in [5.74, 6) is -0.149. The zero-order chi connectivity index (χ0) is 21.1. The van der Waals surface area contributed by atoms with Crippen molar-refractivity contribution in [2.45, 2.75) is 24.7 Å². The second-order valence-corrected chi connectivity index (χ2v) is 9.34. The number of nitrogens with one attached hydrogen (secondary N) is 2. The van der Waals surface area contributed by atoms with Gasteiger partial charge in [0.1, 0.15) is 0 Å². The monoisotopic (exact) mass is 427 g/mol. The molecule has 0 aliphatic carbocycles. The van der Waals surface area contributed by atoms with E-state index in [1.807, 2.05) is 37.4 Å². The average Bonchev–Trinajstić information content (AvgIpc) is 3.17. The second-order valence-electron chi connectivity index (χ2n) is 7.40. The number of para-hydroxylation sites is 1. The summed E-state index contributed by atoms with van der Waals surface area (Å²) in [4.78, 5) is 16.0. The highest BCUT2D eigenvalue weighted by atomic mass is 32.2. The topological polar surface area (TPSA) is 91.5 Å². The van der Waals surface area contributed by atoms with Gasteiger partial charge in [0, 0.05) is 42.3 Å². The number of fused-ring (bicyclic) bond motifs is 1. The van der Waals surface area contributed by atoms with Gasteiger partial charge in [0.15, 0.2) is 0 Å². The number of aromatic amines is 1. The van der Waals surface area contributed by atoms with E-state index in [1.165, 1.54) is 4.31 Å². The fourth-order valence-electron chi connectivity index (χ4n) is 3.63. The zero-order valence-corrected chi connectivity index (χ0v) is 17.7. The molecule has 1 aliphatic rings. The Morgan fingerprint density at radius 3 is 2.73 bits per heavy atom. The van der Waals surface area contributed by atoms with Gasteiger partial charge in [-0.3, -0.25) is 4.79 Å². The molecular weight excluding hydrogens is 402 g/mol. The summed E-state index contributed by atoms with van der Waals surface area (Å²) in [5.41, 5.74) is 3.47. The third-order valence-electron chi connectivity index (χ3n) is 5.39. The molecule has 2 heterocycles. The van der Waals surface area contributed by atoms with Crippen LogP contribution in [-0.4, -0.2) is 49.9 Å². The number of amides is 1. The van der Waals surface area contributed by atoms with Crippen molar-refractivity contribution in [1.29, 1.82) is 0 Å². The smallest absolute Gasteiger partial charge is 0.243 e. The minimum absolute atomic E-state index is 0.149. The lowest BCUT2D eigenvalue weighted by Crippen LogP contribution is -2.40. The first-order valence-electron chi connectivity index (χ1n) is 9.98. The number of aromatic nitrogens is 1. The lowest BCUT2D eigenvalue weighted by molar-refractivity contribution is -0.116. The Balaban J connectivity index is 1.46. The molecule has 1 fully saturated rings. The summed E-state index contributed by atoms with van der Waals surface area (Å²) < 4.78 is 32.5. The van der Waals surface area contributed by atoms with Crippen LogP contribution in [0.15, 0.2) is 53.6 Å². The van der Waals surface area contributed by atoms with Gasteiger partial charge in [-0.15, -0.1) is 0 Å². The largest absolute Gasteiger partial charge is 0.379 e. The van der Waals surface area contributed by atoms with Crippen molar-refractivity contribution in [1.82, 2.24) is 9.29 Å². The molecule has 1 aliphatic heterocycles. The molecular formula is C22H25N3O4S. The van der Waals surface area contributed by atoms with Crippen molar-refractivity contribution in [3.05, 3.63) is 59.8 Å². The first kappa shape index (κ1) is 20.6. The number of rotatable bonds is 6. The number of hydrogen-bond donors (Lipinski definition) is 2. The number of ether oxygens (including phenoxy) is 1. The molecule has 1 saturated heterocycles. The number of aryl methyl sites for hydroxylation is 2. The first-order chi connectivity index (χ1) is 14.4. The van der Waals surface area contributed by atoms with Gasteiger partial charge in [0.05, 0.1) is 18.1 Å². The standard InChI is InChI=1S/C22H25N3O4S/c1-16-6-8-18(30(27,28)25-10-12-29-13-11-25)14-21(16)24-22(26)9-7-17-15-23-20-5-3-2-4-19(17)20/h2-6,8,14-15,23H,7,9-13H2,1H3,(H,24,26). The average molecular weight is 428 g/mol. The molecule has 0 spiro atoms. The summed E-state index contributed by atoms with van der Waals surface area (Å²) in [6.07, 6.45) is 2.83. The predicted molar refractivity (Wildman–Crippen MR) is 116 cm³/mol. The number of carbonyl (C=O) groups is 1. The van der Waals surface area contributed by atoms with E-state index in [9.17, 15) is 13.2 Å². The molecule has 158 valence electrons. The number of H-pyrrole nitrogens is 1. The van der Waals surface area contributed by atoms with Gasteiger partial charge < -0.3 is 15.0 Å². The Hall–Kier alpha value is -2.68. The van der Waals surface area contributed by atoms with Gasteiger partial charge in [-0.25, -0.2) is 8.42 Å². The molecule has 0 unspecified atom stereocenters. The fraction of sp³-hybridized carbons (Fsp3) is 0.318. The third kappa shape index (κ3) is 4.26. The van der Waals surface area contributed by atoms with Gasteiger partial charge in [-0.05, 0) is 42.7 Å². The van der Waals surface area contributed by atoms with Crippen molar-refractivity contribution < 1.29 is 17.9 Å². The summed E-state index contributed by atoms with van der Waals surface area (Å²) in [6, 6.07) is 12.8. The number of sulfonamides is 1. The number of benzene rings is 2. The Morgan fingerprint density at radius 1 is 1.17 bits per heavy atom. The van der Waals surface area contributed by atoms with E-state index in [0.29, 0.717) is 44.8 Å². The van der Waals surface area contributed by atoms with E-state index in [2.05, 4.69) is 10.3 Å². The zero-order valence-electron chi connectivity index (χ0n) is 16.8. The Kier molecular flexibility index (Phi) is 5.90. The summed E-state index contributed by atoms with van der Waals surface area (Å²) in [6.45, 7) is 3.30. The second kappa shape index (κ2) is 8.59. The van der Waals surface area contributed by atoms with Gasteiger partial charge in [-0.1, -0.05) is 24.3 Å². The normalized spacial score (nSPS) is 15.4. The van der Waals surface area contributed by atoms with E-state index < -0.39 is 10.0 Å². The molecule has 1 aromatic heterocycles. The molecule has 0 saturated carbocycles. The number of anilines is 1. The van der Waals surface area contributed by atoms with Crippen LogP contribution in [0.2, 0.25) is 0 Å². The number of nitrogens with zero attached hydrogens (tertiary/aromatic N) is 1. The van der Waals surface area contributed by atoms with E-state index in [4.69, 9.17) is 4.74 Å². The first-order valence-corrected chi connectivity index (χ1v) is 11.4. The van der Waals surface area contributed by atoms with Crippen LogP contribution in [0.5, 0.6) is 0 Å². The minimum Gasteiger partial charge on any atom is -0.379 e. The highest BCUT2D eigenvalue weighted by Crippen LogP contribution is 2.24. The molecule has 0 atom stereocenters. The van der Waals surface area contributed by atoms with Crippen LogP contribution in [0.1, 0.15) is 17.5 Å². The molecule has 2 N–H and O–H groups in total. The van der Waals surface area contributed by atoms with Crippen molar-refractivity contribution in [3.8, 4) is 0 Å². The van der Waals surface area contributed by atoms with Gasteiger partial charge >= 0.3 is 0 Å². The Labute approximate surface area is 176 Å². The molecule has 30 heavy (non-hydrogen) atoms. The van der Waals surface area contributed by atoms with Gasteiger partial charge in [0.2, 0.25) is 15.9 Å². The van der Waals surface area contributed by atoms with Crippen molar-refractivity contribution in [3.63, 3.8) is 0 Å². The summed E-state index contributed by atoms with van der Waals surface area (Å²) in [5, 5.41) is 3.99. The van der Waals surface area contributed by atoms with Crippen molar-refractivity contribution >= 4 is 32.5 Å². The van der Waals surface area contributed by atoms with Crippen molar-refractivity contribution in [2.75, 3.05) is 31.6 Å².